The minimum absolute atomic E-state index is 0. The predicted octanol–water partition coefficient (Wildman–Crippen LogP) is 1.85. The second-order valence-corrected chi connectivity index (χ2v) is 6.51. The molecule has 0 aromatic heterocycles. The van der Waals surface area contributed by atoms with Crippen LogP contribution in [0.3, 0.4) is 0 Å². The summed E-state index contributed by atoms with van der Waals surface area (Å²) in [5.74, 6) is 0.876. The van der Waals surface area contributed by atoms with Gasteiger partial charge in [0.15, 0.2) is 5.96 Å². The molecule has 1 aliphatic rings. The minimum Gasteiger partial charge on any atom is -0.356 e. The molecule has 0 saturated carbocycles. The zero-order chi connectivity index (χ0) is 17.2. The fraction of sp³-hybridized carbons (Fsp3) is 0.882. The number of carbonyl (C=O) groups is 1. The Morgan fingerprint density at radius 1 is 1.29 bits per heavy atom. The zero-order valence-electron chi connectivity index (χ0n) is 16.0. The van der Waals surface area contributed by atoms with Gasteiger partial charge in [-0.2, -0.15) is 0 Å². The van der Waals surface area contributed by atoms with Gasteiger partial charge in [-0.15, -0.1) is 24.0 Å². The highest BCUT2D eigenvalue weighted by Gasteiger charge is 2.25. The second-order valence-electron chi connectivity index (χ2n) is 6.51. The number of nitrogens with one attached hydrogen (secondary N) is 1. The Balaban J connectivity index is 0.00000529. The fourth-order valence-corrected chi connectivity index (χ4v) is 2.89. The molecule has 0 aromatic carbocycles. The van der Waals surface area contributed by atoms with Gasteiger partial charge >= 0.3 is 0 Å². The van der Waals surface area contributed by atoms with Crippen LogP contribution < -0.4 is 5.32 Å². The third-order valence-corrected chi connectivity index (χ3v) is 4.43. The molecule has 0 aliphatic carbocycles. The molecule has 0 aromatic rings. The Labute approximate surface area is 165 Å². The first-order valence-electron chi connectivity index (χ1n) is 8.93. The van der Waals surface area contributed by atoms with E-state index in [-0.39, 0.29) is 36.4 Å². The Morgan fingerprint density at radius 3 is 2.58 bits per heavy atom. The van der Waals surface area contributed by atoms with E-state index in [0.29, 0.717) is 6.04 Å². The van der Waals surface area contributed by atoms with E-state index in [1.165, 1.54) is 19.4 Å². The fourth-order valence-electron chi connectivity index (χ4n) is 2.89. The zero-order valence-corrected chi connectivity index (χ0v) is 18.4. The molecule has 1 amide bonds. The molecule has 1 heterocycles. The summed E-state index contributed by atoms with van der Waals surface area (Å²) in [5.41, 5.74) is 0. The maximum atomic E-state index is 11.8. The van der Waals surface area contributed by atoms with Crippen LogP contribution in [-0.2, 0) is 4.79 Å². The molecular weight excluding hydrogens is 417 g/mol. The number of halogens is 1. The normalized spacial score (nSPS) is 18.2. The van der Waals surface area contributed by atoms with Crippen LogP contribution >= 0.6 is 24.0 Å². The highest BCUT2D eigenvalue weighted by Crippen LogP contribution is 2.17. The highest BCUT2D eigenvalue weighted by atomic mass is 127. The molecule has 1 saturated heterocycles. The van der Waals surface area contributed by atoms with Crippen molar-refractivity contribution in [2.24, 2.45) is 4.99 Å². The van der Waals surface area contributed by atoms with Crippen molar-refractivity contribution in [3.05, 3.63) is 0 Å². The van der Waals surface area contributed by atoms with Gasteiger partial charge in [0.05, 0.1) is 0 Å². The van der Waals surface area contributed by atoms with E-state index in [4.69, 9.17) is 0 Å². The van der Waals surface area contributed by atoms with E-state index < -0.39 is 0 Å². The first-order chi connectivity index (χ1) is 11.0. The summed E-state index contributed by atoms with van der Waals surface area (Å²) in [5, 5.41) is 3.41. The summed E-state index contributed by atoms with van der Waals surface area (Å²) in [6.45, 7) is 8.77. The van der Waals surface area contributed by atoms with E-state index in [2.05, 4.69) is 41.0 Å². The van der Waals surface area contributed by atoms with E-state index in [1.807, 2.05) is 0 Å². The molecular formula is C17H36IN5O. The van der Waals surface area contributed by atoms with Gasteiger partial charge in [-0.3, -0.25) is 9.69 Å². The number of rotatable bonds is 8. The molecule has 1 atom stereocenters. The van der Waals surface area contributed by atoms with Crippen LogP contribution in [0.15, 0.2) is 4.99 Å². The molecule has 6 nitrogen and oxygen atoms in total. The lowest BCUT2D eigenvalue weighted by Gasteiger charge is -2.30. The van der Waals surface area contributed by atoms with Gasteiger partial charge in [-0.1, -0.05) is 20.3 Å². The van der Waals surface area contributed by atoms with Gasteiger partial charge in [-0.25, -0.2) is 4.99 Å². The van der Waals surface area contributed by atoms with Crippen molar-refractivity contribution in [1.82, 2.24) is 20.0 Å². The Kier molecular flexibility index (Phi) is 12.4. The topological polar surface area (TPSA) is 51.2 Å². The molecule has 1 fully saturated rings. The van der Waals surface area contributed by atoms with E-state index >= 15 is 0 Å². The average Bonchev–Trinajstić information content (AvgIpc) is 2.97. The SMILES string of the molecule is CCCCNC(=NCC(=O)N(C)C)N(C)CC1CCCN1CC.I. The van der Waals surface area contributed by atoms with Crippen LogP contribution in [0.1, 0.15) is 39.5 Å². The molecule has 1 aliphatic heterocycles. The van der Waals surface area contributed by atoms with Crippen molar-refractivity contribution >= 4 is 35.8 Å². The summed E-state index contributed by atoms with van der Waals surface area (Å²) in [6, 6.07) is 0.590. The van der Waals surface area contributed by atoms with Gasteiger partial charge in [-0.05, 0) is 32.4 Å². The molecule has 7 heteroatoms. The van der Waals surface area contributed by atoms with Crippen molar-refractivity contribution in [2.75, 3.05) is 53.9 Å². The van der Waals surface area contributed by atoms with Crippen molar-refractivity contribution in [2.45, 2.75) is 45.6 Å². The summed E-state index contributed by atoms with van der Waals surface area (Å²) in [6.07, 6.45) is 4.78. The molecule has 0 bridgehead atoms. The number of carbonyl (C=O) groups excluding carboxylic acids is 1. The van der Waals surface area contributed by atoms with Gasteiger partial charge in [0, 0.05) is 40.3 Å². The van der Waals surface area contributed by atoms with Gasteiger partial charge in [0.2, 0.25) is 5.91 Å². The van der Waals surface area contributed by atoms with Gasteiger partial charge in [0.25, 0.3) is 0 Å². The summed E-state index contributed by atoms with van der Waals surface area (Å²) in [4.78, 5) is 22.6. The number of likely N-dealkylation sites (tertiary alicyclic amines) is 1. The van der Waals surface area contributed by atoms with Gasteiger partial charge in [0.1, 0.15) is 6.54 Å². The summed E-state index contributed by atoms with van der Waals surface area (Å²) in [7, 11) is 5.61. The Morgan fingerprint density at radius 2 is 2.00 bits per heavy atom. The second kappa shape index (κ2) is 12.7. The molecule has 0 spiro atoms. The standard InChI is InChI=1S/C17H35N5O.HI/c1-6-8-11-18-17(19-13-16(23)20(3)4)21(5)14-15-10-9-12-22(15)7-2;/h15H,6-14H2,1-5H3,(H,18,19);1H. The van der Waals surface area contributed by atoms with E-state index in [9.17, 15) is 4.79 Å². The number of hydrogen-bond acceptors (Lipinski definition) is 3. The van der Waals surface area contributed by atoms with Crippen molar-refractivity contribution < 1.29 is 4.79 Å². The van der Waals surface area contributed by atoms with E-state index in [0.717, 1.165) is 38.4 Å². The van der Waals surface area contributed by atoms with Crippen molar-refractivity contribution in [3.63, 3.8) is 0 Å². The van der Waals surface area contributed by atoms with E-state index in [1.54, 1.807) is 19.0 Å². The molecule has 1 unspecified atom stereocenters. The first-order valence-corrected chi connectivity index (χ1v) is 8.93. The number of likely N-dealkylation sites (N-methyl/N-ethyl adjacent to an activating group) is 3. The van der Waals surface area contributed by atoms with Crippen LogP contribution in [0.5, 0.6) is 0 Å². The van der Waals surface area contributed by atoms with Crippen LogP contribution in [0.2, 0.25) is 0 Å². The Hall–Kier alpha value is -0.570. The third-order valence-electron chi connectivity index (χ3n) is 4.43. The highest BCUT2D eigenvalue weighted by molar-refractivity contribution is 14.0. The number of guanidine groups is 1. The lowest BCUT2D eigenvalue weighted by Crippen LogP contribution is -2.46. The van der Waals surface area contributed by atoms with Crippen LogP contribution in [0.4, 0.5) is 0 Å². The summed E-state index contributed by atoms with van der Waals surface area (Å²) >= 11 is 0. The van der Waals surface area contributed by atoms with Crippen molar-refractivity contribution in [1.29, 1.82) is 0 Å². The largest absolute Gasteiger partial charge is 0.356 e. The quantitative estimate of drug-likeness (QED) is 0.264. The summed E-state index contributed by atoms with van der Waals surface area (Å²) < 4.78 is 0. The number of amides is 1. The van der Waals surface area contributed by atoms with Crippen LogP contribution in [0, 0.1) is 0 Å². The molecule has 0 radical (unpaired) electrons. The molecule has 24 heavy (non-hydrogen) atoms. The molecule has 1 rings (SSSR count). The van der Waals surface area contributed by atoms with Crippen molar-refractivity contribution in [3.8, 4) is 0 Å². The Bertz CT molecular complexity index is 389. The molecule has 1 N–H and O–H groups in total. The lowest BCUT2D eigenvalue weighted by molar-refractivity contribution is -0.127. The minimum atomic E-state index is 0. The number of hydrogen-bond donors (Lipinski definition) is 1. The average molecular weight is 453 g/mol. The smallest absolute Gasteiger partial charge is 0.243 e. The first kappa shape index (κ1) is 23.4. The monoisotopic (exact) mass is 453 g/mol. The number of aliphatic imine (C=N–C) groups is 1. The number of unbranched alkanes of at least 4 members (excludes halogenated alkanes) is 1. The maximum Gasteiger partial charge on any atom is 0.243 e. The lowest BCUT2D eigenvalue weighted by atomic mass is 10.2. The number of nitrogens with zero attached hydrogens (tertiary/aromatic N) is 4. The van der Waals surface area contributed by atoms with Gasteiger partial charge < -0.3 is 15.1 Å². The van der Waals surface area contributed by atoms with Crippen LogP contribution in [0.25, 0.3) is 0 Å². The third kappa shape index (κ3) is 8.00. The maximum absolute atomic E-state index is 11.8. The molecule has 142 valence electrons. The van der Waals surface area contributed by atoms with Crippen LogP contribution in [-0.4, -0.2) is 86.5 Å². The predicted molar refractivity (Wildman–Crippen MR) is 112 cm³/mol.